The van der Waals surface area contributed by atoms with E-state index in [0.717, 1.165) is 6.26 Å². The van der Waals surface area contributed by atoms with Crippen LogP contribution in [0.5, 0.6) is 0 Å². The van der Waals surface area contributed by atoms with Gasteiger partial charge in [0.05, 0.1) is 6.26 Å². The molecular formula is C12H15FN2O3S. The first-order chi connectivity index (χ1) is 8.88. The van der Waals surface area contributed by atoms with Crippen molar-refractivity contribution < 1.29 is 17.6 Å². The van der Waals surface area contributed by atoms with Crippen molar-refractivity contribution in [2.75, 3.05) is 18.1 Å². The molecule has 0 radical (unpaired) electrons. The van der Waals surface area contributed by atoms with E-state index in [1.54, 1.807) is 6.07 Å². The predicted molar refractivity (Wildman–Crippen MR) is 69.6 cm³/mol. The molecule has 19 heavy (non-hydrogen) atoms. The van der Waals surface area contributed by atoms with Crippen LogP contribution in [-0.2, 0) is 14.8 Å². The molecule has 1 fully saturated rings. The molecule has 0 aliphatic carbocycles. The van der Waals surface area contributed by atoms with Gasteiger partial charge in [-0.05, 0) is 31.0 Å². The summed E-state index contributed by atoms with van der Waals surface area (Å²) in [5.74, 6) is -0.877. The number of hydrogen-bond donors (Lipinski definition) is 1. The Morgan fingerprint density at radius 2 is 2.21 bits per heavy atom. The molecule has 1 N–H and O–H groups in total. The van der Waals surface area contributed by atoms with E-state index in [1.165, 1.54) is 22.5 Å². The standard InChI is InChI=1S/C12H15FN2O3S/c1-19(17,18)15-7-3-6-11(15)12(16)14-10-5-2-4-9(13)8-10/h2,4-5,8,11H,3,6-7H2,1H3,(H,14,16). The van der Waals surface area contributed by atoms with Crippen LogP contribution in [0, 0.1) is 5.82 Å². The number of nitrogens with zero attached hydrogens (tertiary/aromatic N) is 1. The fraction of sp³-hybridized carbons (Fsp3) is 0.417. The van der Waals surface area contributed by atoms with Gasteiger partial charge in [-0.15, -0.1) is 0 Å². The van der Waals surface area contributed by atoms with Crippen molar-refractivity contribution in [1.29, 1.82) is 0 Å². The highest BCUT2D eigenvalue weighted by Gasteiger charge is 2.36. The molecule has 1 amide bonds. The first-order valence-electron chi connectivity index (χ1n) is 5.91. The molecule has 1 aliphatic rings. The summed E-state index contributed by atoms with van der Waals surface area (Å²) in [5.41, 5.74) is 0.324. The number of sulfonamides is 1. The van der Waals surface area contributed by atoms with Crippen molar-refractivity contribution >= 4 is 21.6 Å². The average molecular weight is 286 g/mol. The third-order valence-electron chi connectivity index (χ3n) is 3.02. The summed E-state index contributed by atoms with van der Waals surface area (Å²) in [4.78, 5) is 12.0. The number of hydrogen-bond acceptors (Lipinski definition) is 3. The quantitative estimate of drug-likeness (QED) is 0.907. The minimum Gasteiger partial charge on any atom is -0.325 e. The molecule has 0 aromatic heterocycles. The van der Waals surface area contributed by atoms with E-state index < -0.39 is 27.8 Å². The zero-order valence-electron chi connectivity index (χ0n) is 10.5. The highest BCUT2D eigenvalue weighted by Crippen LogP contribution is 2.22. The number of halogens is 1. The van der Waals surface area contributed by atoms with Crippen LogP contribution >= 0.6 is 0 Å². The first kappa shape index (κ1) is 14.0. The molecule has 7 heteroatoms. The van der Waals surface area contributed by atoms with Gasteiger partial charge < -0.3 is 5.32 Å². The number of carbonyl (C=O) groups is 1. The van der Waals surface area contributed by atoms with Gasteiger partial charge in [0, 0.05) is 12.2 Å². The molecular weight excluding hydrogens is 271 g/mol. The molecule has 104 valence electrons. The maximum absolute atomic E-state index is 13.0. The Morgan fingerprint density at radius 3 is 2.84 bits per heavy atom. The van der Waals surface area contributed by atoms with Crippen LogP contribution in [0.2, 0.25) is 0 Å². The lowest BCUT2D eigenvalue weighted by atomic mass is 10.2. The number of amides is 1. The molecule has 1 saturated heterocycles. The van der Waals surface area contributed by atoms with Crippen molar-refractivity contribution in [3.05, 3.63) is 30.1 Å². The Morgan fingerprint density at radius 1 is 1.47 bits per heavy atom. The summed E-state index contributed by atoms with van der Waals surface area (Å²) in [6.45, 7) is 0.347. The summed E-state index contributed by atoms with van der Waals surface area (Å²) in [5, 5.41) is 2.54. The number of benzene rings is 1. The van der Waals surface area contributed by atoms with Gasteiger partial charge in [0.1, 0.15) is 11.9 Å². The van der Waals surface area contributed by atoms with Crippen LogP contribution in [0.1, 0.15) is 12.8 Å². The van der Waals surface area contributed by atoms with Crippen LogP contribution in [0.15, 0.2) is 24.3 Å². The molecule has 5 nitrogen and oxygen atoms in total. The molecule has 2 rings (SSSR count). The molecule has 1 aromatic rings. The largest absolute Gasteiger partial charge is 0.325 e. The highest BCUT2D eigenvalue weighted by atomic mass is 32.2. The van der Waals surface area contributed by atoms with Crippen molar-refractivity contribution in [2.24, 2.45) is 0 Å². The van der Waals surface area contributed by atoms with Gasteiger partial charge in [0.15, 0.2) is 0 Å². The predicted octanol–water partition coefficient (Wildman–Crippen LogP) is 1.19. The van der Waals surface area contributed by atoms with Crippen LogP contribution in [-0.4, -0.2) is 37.5 Å². The second-order valence-corrected chi connectivity index (χ2v) is 6.47. The number of nitrogens with one attached hydrogen (secondary N) is 1. The summed E-state index contributed by atoms with van der Waals surface area (Å²) >= 11 is 0. The number of rotatable bonds is 3. The Bertz CT molecular complexity index is 588. The molecule has 0 spiro atoms. The molecule has 1 aliphatic heterocycles. The Balaban J connectivity index is 2.12. The highest BCUT2D eigenvalue weighted by molar-refractivity contribution is 7.88. The summed E-state index contributed by atoms with van der Waals surface area (Å²) < 4.78 is 37.3. The van der Waals surface area contributed by atoms with Crippen molar-refractivity contribution in [2.45, 2.75) is 18.9 Å². The fourth-order valence-electron chi connectivity index (χ4n) is 2.19. The second kappa shape index (κ2) is 5.26. The maximum Gasteiger partial charge on any atom is 0.242 e. The van der Waals surface area contributed by atoms with E-state index in [-0.39, 0.29) is 0 Å². The molecule has 0 saturated carbocycles. The van der Waals surface area contributed by atoms with Gasteiger partial charge in [0.25, 0.3) is 0 Å². The van der Waals surface area contributed by atoms with Crippen LogP contribution in [0.4, 0.5) is 10.1 Å². The van der Waals surface area contributed by atoms with Crippen molar-refractivity contribution in [1.82, 2.24) is 4.31 Å². The third kappa shape index (κ3) is 3.30. The van der Waals surface area contributed by atoms with Gasteiger partial charge >= 0.3 is 0 Å². The molecule has 0 bridgehead atoms. The smallest absolute Gasteiger partial charge is 0.242 e. The Hall–Kier alpha value is -1.47. The van der Waals surface area contributed by atoms with Gasteiger partial charge in [-0.25, -0.2) is 12.8 Å². The van der Waals surface area contributed by atoms with E-state index in [0.29, 0.717) is 25.1 Å². The van der Waals surface area contributed by atoms with E-state index in [4.69, 9.17) is 0 Å². The molecule has 1 unspecified atom stereocenters. The monoisotopic (exact) mass is 286 g/mol. The van der Waals surface area contributed by atoms with Crippen LogP contribution < -0.4 is 5.32 Å². The average Bonchev–Trinajstić information content (AvgIpc) is 2.77. The summed E-state index contributed by atoms with van der Waals surface area (Å²) in [7, 11) is -3.40. The number of anilines is 1. The van der Waals surface area contributed by atoms with Gasteiger partial charge in [0.2, 0.25) is 15.9 Å². The van der Waals surface area contributed by atoms with Gasteiger partial charge in [-0.2, -0.15) is 4.31 Å². The Labute approximate surface area is 111 Å². The second-order valence-electron chi connectivity index (χ2n) is 4.53. The maximum atomic E-state index is 13.0. The van der Waals surface area contributed by atoms with E-state index in [1.807, 2.05) is 0 Å². The van der Waals surface area contributed by atoms with Crippen LogP contribution in [0.3, 0.4) is 0 Å². The van der Waals surface area contributed by atoms with Crippen molar-refractivity contribution in [3.63, 3.8) is 0 Å². The SMILES string of the molecule is CS(=O)(=O)N1CCCC1C(=O)Nc1cccc(F)c1. The van der Waals surface area contributed by atoms with E-state index >= 15 is 0 Å². The van der Waals surface area contributed by atoms with Gasteiger partial charge in [-0.3, -0.25) is 4.79 Å². The zero-order chi connectivity index (χ0) is 14.0. The number of carbonyl (C=O) groups excluding carboxylic acids is 1. The topological polar surface area (TPSA) is 66.5 Å². The minimum absolute atomic E-state index is 0.324. The summed E-state index contributed by atoms with van der Waals surface area (Å²) in [6, 6.07) is 4.79. The van der Waals surface area contributed by atoms with Crippen molar-refractivity contribution in [3.8, 4) is 0 Å². The summed E-state index contributed by atoms with van der Waals surface area (Å²) in [6.07, 6.45) is 2.21. The molecule has 1 atom stereocenters. The third-order valence-corrected chi connectivity index (χ3v) is 4.31. The van der Waals surface area contributed by atoms with E-state index in [2.05, 4.69) is 5.32 Å². The lowest BCUT2D eigenvalue weighted by Gasteiger charge is -2.21. The minimum atomic E-state index is -3.40. The molecule has 1 aromatic carbocycles. The van der Waals surface area contributed by atoms with Crippen LogP contribution in [0.25, 0.3) is 0 Å². The lowest BCUT2D eigenvalue weighted by Crippen LogP contribution is -2.42. The first-order valence-corrected chi connectivity index (χ1v) is 7.76. The fourth-order valence-corrected chi connectivity index (χ4v) is 3.32. The lowest BCUT2D eigenvalue weighted by molar-refractivity contribution is -0.119. The Kier molecular flexibility index (Phi) is 3.86. The van der Waals surface area contributed by atoms with Gasteiger partial charge in [-0.1, -0.05) is 6.07 Å². The molecule has 1 heterocycles. The normalized spacial score (nSPS) is 20.4. The van der Waals surface area contributed by atoms with E-state index in [9.17, 15) is 17.6 Å². The zero-order valence-corrected chi connectivity index (χ0v) is 11.3.